The zero-order chi connectivity index (χ0) is 17.3. The highest BCUT2D eigenvalue weighted by molar-refractivity contribution is 9.10. The van der Waals surface area contributed by atoms with E-state index in [0.717, 1.165) is 26.5 Å². The number of halogens is 1. The van der Waals surface area contributed by atoms with Gasteiger partial charge in [0.1, 0.15) is 10.3 Å². The second-order valence-electron chi connectivity index (χ2n) is 5.28. The molecule has 2 aromatic heterocycles. The third kappa shape index (κ3) is 3.17. The lowest BCUT2D eigenvalue weighted by molar-refractivity contribution is 0.0368. The van der Waals surface area contributed by atoms with Gasteiger partial charge in [-0.05, 0) is 37.3 Å². The molecule has 0 bridgehead atoms. The number of hydrogen-bond acceptors (Lipinski definition) is 5. The third-order valence-electron chi connectivity index (χ3n) is 3.33. The molecule has 8 heteroatoms. The van der Waals surface area contributed by atoms with Gasteiger partial charge in [-0.15, -0.1) is 11.3 Å². The number of imidazole rings is 1. The zero-order valence-electron chi connectivity index (χ0n) is 13.5. The summed E-state index contributed by atoms with van der Waals surface area (Å²) in [5.74, 6) is 0.559. The summed E-state index contributed by atoms with van der Waals surface area (Å²) in [5.41, 5.74) is 4.20. The summed E-state index contributed by atoms with van der Waals surface area (Å²) in [7, 11) is 3.90. The Hall–Kier alpha value is -1.90. The number of anilines is 1. The van der Waals surface area contributed by atoms with Crippen molar-refractivity contribution in [2.75, 3.05) is 25.6 Å². The number of carbonyl (C=O) groups is 1. The molecule has 1 aromatic carbocycles. The monoisotopic (exact) mass is 408 g/mol. The van der Waals surface area contributed by atoms with Gasteiger partial charge in [0.25, 0.3) is 5.91 Å². The highest BCUT2D eigenvalue weighted by atomic mass is 79.9. The van der Waals surface area contributed by atoms with E-state index in [2.05, 4.69) is 26.4 Å². The normalized spacial score (nSPS) is 11.0. The van der Waals surface area contributed by atoms with Crippen LogP contribution in [0.25, 0.3) is 16.0 Å². The van der Waals surface area contributed by atoms with Crippen molar-refractivity contribution in [2.24, 2.45) is 0 Å². The summed E-state index contributed by atoms with van der Waals surface area (Å²) in [6.45, 7) is 2.24. The summed E-state index contributed by atoms with van der Waals surface area (Å²) in [6, 6.07) is 9.78. The zero-order valence-corrected chi connectivity index (χ0v) is 15.9. The van der Waals surface area contributed by atoms with Gasteiger partial charge >= 0.3 is 0 Å². The van der Waals surface area contributed by atoms with E-state index in [1.807, 2.05) is 54.8 Å². The summed E-state index contributed by atoms with van der Waals surface area (Å²) >= 11 is 4.84. The molecule has 0 aliphatic rings. The van der Waals surface area contributed by atoms with Crippen molar-refractivity contribution in [3.05, 3.63) is 39.7 Å². The molecule has 1 N–H and O–H groups in total. The number of hydroxylamine groups is 1. The molecule has 6 nitrogen and oxygen atoms in total. The number of carbonyl (C=O) groups excluding carboxylic acids is 1. The van der Waals surface area contributed by atoms with Gasteiger partial charge in [0.15, 0.2) is 0 Å². The summed E-state index contributed by atoms with van der Waals surface area (Å²) in [4.78, 5) is 25.2. The highest BCUT2D eigenvalue weighted by Crippen LogP contribution is 2.33. The minimum absolute atomic E-state index is 0.256. The topological polar surface area (TPSA) is 59.4 Å². The average molecular weight is 409 g/mol. The number of hydrogen-bond donors (Lipinski definition) is 1. The number of aromatic nitrogens is 2. The van der Waals surface area contributed by atoms with E-state index in [1.165, 1.54) is 11.3 Å². The molecular weight excluding hydrogens is 392 g/mol. The van der Waals surface area contributed by atoms with Crippen LogP contribution in [0.1, 0.15) is 16.6 Å². The Balaban J connectivity index is 2.10. The second-order valence-corrected chi connectivity index (χ2v) is 7.23. The van der Waals surface area contributed by atoms with Crippen LogP contribution in [-0.2, 0) is 4.84 Å². The van der Waals surface area contributed by atoms with Crippen LogP contribution < -0.4 is 10.4 Å². The molecule has 126 valence electrons. The molecular formula is C16H17BrN4O2S. The maximum absolute atomic E-state index is 12.1. The Bertz CT molecular complexity index is 870. The fourth-order valence-electron chi connectivity index (χ4n) is 2.28. The van der Waals surface area contributed by atoms with Gasteiger partial charge in [-0.25, -0.2) is 10.5 Å². The number of benzene rings is 1. The molecule has 3 aromatic rings. The molecule has 0 saturated carbocycles. The van der Waals surface area contributed by atoms with Crippen molar-refractivity contribution >= 4 is 49.5 Å². The molecule has 0 atom stereocenters. The van der Waals surface area contributed by atoms with Crippen molar-refractivity contribution in [3.8, 4) is 5.69 Å². The third-order valence-corrected chi connectivity index (χ3v) is 4.97. The lowest BCUT2D eigenvalue weighted by Crippen LogP contribution is -2.22. The fourth-order valence-corrected chi connectivity index (χ4v) is 3.55. The largest absolute Gasteiger partial charge is 0.348 e. The van der Waals surface area contributed by atoms with E-state index in [0.29, 0.717) is 11.5 Å². The standard InChI is InChI=1S/C16H17BrN4O2S/c1-4-23-19-14(22)13-9-12-15(24-13)21(16(18-12)20(2)3)11-7-5-10(17)6-8-11/h5-9H,4H2,1-3H3,(H,19,22). The van der Waals surface area contributed by atoms with Crippen molar-refractivity contribution in [1.82, 2.24) is 15.0 Å². The minimum Gasteiger partial charge on any atom is -0.348 e. The number of nitrogens with one attached hydrogen (secondary N) is 1. The van der Waals surface area contributed by atoms with Gasteiger partial charge in [0, 0.05) is 24.3 Å². The first kappa shape index (κ1) is 16.9. The molecule has 0 fully saturated rings. The fraction of sp³-hybridized carbons (Fsp3) is 0.250. The molecule has 0 aliphatic heterocycles. The van der Waals surface area contributed by atoms with Crippen LogP contribution in [0, 0.1) is 0 Å². The predicted octanol–water partition coefficient (Wildman–Crippen LogP) is 3.60. The average Bonchev–Trinajstić information content (AvgIpc) is 3.11. The Morgan fingerprint density at radius 1 is 1.38 bits per heavy atom. The number of thiophene rings is 1. The van der Waals surface area contributed by atoms with Crippen LogP contribution in [0.3, 0.4) is 0 Å². The number of fused-ring (bicyclic) bond motifs is 1. The molecule has 0 spiro atoms. The van der Waals surface area contributed by atoms with E-state index in [4.69, 9.17) is 4.84 Å². The molecule has 0 unspecified atom stereocenters. The number of amides is 1. The molecule has 0 radical (unpaired) electrons. The highest BCUT2D eigenvalue weighted by Gasteiger charge is 2.19. The van der Waals surface area contributed by atoms with Gasteiger partial charge in [-0.1, -0.05) is 15.9 Å². The molecule has 0 aliphatic carbocycles. The van der Waals surface area contributed by atoms with Crippen LogP contribution >= 0.6 is 27.3 Å². The Kier molecular flexibility index (Phi) is 4.88. The second kappa shape index (κ2) is 6.92. The lowest BCUT2D eigenvalue weighted by atomic mass is 10.3. The summed E-state index contributed by atoms with van der Waals surface area (Å²) in [6.07, 6.45) is 0. The van der Waals surface area contributed by atoms with E-state index in [9.17, 15) is 4.79 Å². The van der Waals surface area contributed by atoms with Crippen molar-refractivity contribution in [2.45, 2.75) is 6.92 Å². The molecule has 24 heavy (non-hydrogen) atoms. The molecule has 0 saturated heterocycles. The quantitative estimate of drug-likeness (QED) is 0.655. The minimum atomic E-state index is -0.256. The summed E-state index contributed by atoms with van der Waals surface area (Å²) in [5, 5.41) is 0. The van der Waals surface area contributed by atoms with Crippen molar-refractivity contribution < 1.29 is 9.63 Å². The first-order chi connectivity index (χ1) is 11.5. The Labute approximate surface area is 152 Å². The lowest BCUT2D eigenvalue weighted by Gasteiger charge is -2.14. The maximum atomic E-state index is 12.1. The predicted molar refractivity (Wildman–Crippen MR) is 100 cm³/mol. The van der Waals surface area contributed by atoms with Gasteiger partial charge < -0.3 is 4.90 Å². The first-order valence-electron chi connectivity index (χ1n) is 7.39. The van der Waals surface area contributed by atoms with E-state index < -0.39 is 0 Å². The van der Waals surface area contributed by atoms with E-state index >= 15 is 0 Å². The van der Waals surface area contributed by atoms with Gasteiger partial charge in [-0.2, -0.15) is 0 Å². The van der Waals surface area contributed by atoms with E-state index in [1.54, 1.807) is 6.07 Å². The Morgan fingerprint density at radius 2 is 2.08 bits per heavy atom. The smallest absolute Gasteiger partial charge is 0.285 e. The maximum Gasteiger partial charge on any atom is 0.285 e. The molecule has 2 heterocycles. The number of rotatable bonds is 5. The summed E-state index contributed by atoms with van der Waals surface area (Å²) < 4.78 is 3.06. The van der Waals surface area contributed by atoms with Crippen LogP contribution in [0.15, 0.2) is 34.8 Å². The first-order valence-corrected chi connectivity index (χ1v) is 9.00. The van der Waals surface area contributed by atoms with Crippen LogP contribution in [0.5, 0.6) is 0 Å². The van der Waals surface area contributed by atoms with Crippen molar-refractivity contribution in [1.29, 1.82) is 0 Å². The van der Waals surface area contributed by atoms with Gasteiger partial charge in [-0.3, -0.25) is 14.2 Å². The van der Waals surface area contributed by atoms with Crippen LogP contribution in [0.4, 0.5) is 5.95 Å². The SMILES string of the molecule is CCONC(=O)c1cc2nc(N(C)C)n(-c3ccc(Br)cc3)c2s1. The van der Waals surface area contributed by atoms with E-state index in [-0.39, 0.29) is 5.91 Å². The van der Waals surface area contributed by atoms with Crippen LogP contribution in [-0.4, -0.2) is 36.2 Å². The number of nitrogens with zero attached hydrogens (tertiary/aromatic N) is 3. The van der Waals surface area contributed by atoms with Crippen LogP contribution in [0.2, 0.25) is 0 Å². The molecule has 1 amide bonds. The van der Waals surface area contributed by atoms with Gasteiger partial charge in [0.2, 0.25) is 5.95 Å². The van der Waals surface area contributed by atoms with Gasteiger partial charge in [0.05, 0.1) is 11.5 Å². The molecule has 3 rings (SSSR count). The van der Waals surface area contributed by atoms with Crippen molar-refractivity contribution in [3.63, 3.8) is 0 Å². The Morgan fingerprint density at radius 3 is 2.71 bits per heavy atom.